The molecule has 1 fully saturated rings. The molecule has 0 atom stereocenters. The lowest BCUT2D eigenvalue weighted by molar-refractivity contribution is -0.121. The van der Waals surface area contributed by atoms with Crippen LogP contribution in [0.25, 0.3) is 17.0 Å². The summed E-state index contributed by atoms with van der Waals surface area (Å²) >= 11 is 5.03. The fourth-order valence-electron chi connectivity index (χ4n) is 1.96. The number of fused-ring (bicyclic) bond motifs is 1. The highest BCUT2D eigenvalue weighted by atomic mass is 32.1. The summed E-state index contributed by atoms with van der Waals surface area (Å²) in [5.41, 5.74) is 2.28. The number of para-hydroxylation sites is 1. The molecule has 1 aliphatic heterocycles. The number of carbonyl (C=O) groups is 1. The van der Waals surface area contributed by atoms with Gasteiger partial charge in [-0.3, -0.25) is 14.7 Å². The SMILES string of the molecule is CN1C(=O)/C(=C/c2cnc3ccccc3c2)NC1=S. The maximum Gasteiger partial charge on any atom is 0.276 e. The van der Waals surface area contributed by atoms with Gasteiger partial charge in [-0.1, -0.05) is 18.2 Å². The number of likely N-dealkylation sites (N-methyl/N-ethyl adjacent to an activating group) is 1. The Morgan fingerprint density at radius 2 is 2.16 bits per heavy atom. The van der Waals surface area contributed by atoms with Crippen LogP contribution in [0.15, 0.2) is 42.2 Å². The number of nitrogens with one attached hydrogen (secondary N) is 1. The number of benzene rings is 1. The first-order valence-electron chi connectivity index (χ1n) is 5.81. The number of pyridine rings is 1. The zero-order valence-electron chi connectivity index (χ0n) is 10.3. The average molecular weight is 269 g/mol. The summed E-state index contributed by atoms with van der Waals surface area (Å²) in [6.45, 7) is 0. The molecule has 1 N–H and O–H groups in total. The first-order chi connectivity index (χ1) is 9.15. The second-order valence-corrected chi connectivity index (χ2v) is 4.70. The number of hydrogen-bond acceptors (Lipinski definition) is 3. The molecule has 1 amide bonds. The Balaban J connectivity index is 2.02. The predicted octanol–water partition coefficient (Wildman–Crippen LogP) is 1.92. The van der Waals surface area contributed by atoms with Crippen LogP contribution >= 0.6 is 12.2 Å². The first kappa shape index (κ1) is 11.8. The van der Waals surface area contributed by atoms with Gasteiger partial charge in [-0.2, -0.15) is 0 Å². The molecule has 3 rings (SSSR count). The van der Waals surface area contributed by atoms with Crippen LogP contribution in [0.2, 0.25) is 0 Å². The zero-order valence-corrected chi connectivity index (χ0v) is 11.1. The highest BCUT2D eigenvalue weighted by Crippen LogP contribution is 2.16. The topological polar surface area (TPSA) is 45.2 Å². The minimum atomic E-state index is -0.127. The van der Waals surface area contributed by atoms with Gasteiger partial charge in [0.05, 0.1) is 5.52 Å². The van der Waals surface area contributed by atoms with Crippen LogP contribution in [-0.4, -0.2) is 28.0 Å². The van der Waals surface area contributed by atoms with E-state index in [2.05, 4.69) is 10.3 Å². The van der Waals surface area contributed by atoms with Crippen LogP contribution in [0, 0.1) is 0 Å². The molecule has 5 heteroatoms. The molecule has 1 aromatic heterocycles. The number of nitrogens with zero attached hydrogens (tertiary/aromatic N) is 2. The smallest absolute Gasteiger partial charge is 0.276 e. The number of aromatic nitrogens is 1. The van der Waals surface area contributed by atoms with E-state index in [4.69, 9.17) is 12.2 Å². The fourth-order valence-corrected chi connectivity index (χ4v) is 2.15. The van der Waals surface area contributed by atoms with Crippen molar-refractivity contribution in [3.63, 3.8) is 0 Å². The molecule has 0 aliphatic carbocycles. The van der Waals surface area contributed by atoms with Crippen LogP contribution in [0.1, 0.15) is 5.56 Å². The summed E-state index contributed by atoms with van der Waals surface area (Å²) in [6.07, 6.45) is 3.50. The molecule has 0 bridgehead atoms. The minimum absolute atomic E-state index is 0.127. The summed E-state index contributed by atoms with van der Waals surface area (Å²) in [6, 6.07) is 9.84. The van der Waals surface area contributed by atoms with Gasteiger partial charge in [-0.15, -0.1) is 0 Å². The highest BCUT2D eigenvalue weighted by molar-refractivity contribution is 7.80. The number of rotatable bonds is 1. The third kappa shape index (κ3) is 2.08. The lowest BCUT2D eigenvalue weighted by Gasteiger charge is -2.02. The Labute approximate surface area is 115 Å². The molecule has 94 valence electrons. The van der Waals surface area contributed by atoms with E-state index in [0.717, 1.165) is 16.5 Å². The maximum atomic E-state index is 11.9. The summed E-state index contributed by atoms with van der Waals surface area (Å²) in [5, 5.41) is 4.35. The van der Waals surface area contributed by atoms with Crippen molar-refractivity contribution in [2.45, 2.75) is 0 Å². The van der Waals surface area contributed by atoms with Crippen molar-refractivity contribution >= 4 is 40.2 Å². The summed E-state index contributed by atoms with van der Waals surface area (Å²) in [5.74, 6) is -0.127. The van der Waals surface area contributed by atoms with E-state index in [1.165, 1.54) is 4.90 Å². The Hall–Kier alpha value is -2.27. The standard InChI is InChI=1S/C14H11N3OS/c1-17-13(18)12(16-14(17)19)7-9-6-10-4-2-3-5-11(10)15-8-9/h2-8H,1H3,(H,16,19)/b12-7-. The second kappa shape index (κ2) is 4.44. The van der Waals surface area contributed by atoms with Crippen LogP contribution in [0.3, 0.4) is 0 Å². The predicted molar refractivity (Wildman–Crippen MR) is 78.2 cm³/mol. The van der Waals surface area contributed by atoms with Crippen LogP contribution < -0.4 is 5.32 Å². The van der Waals surface area contributed by atoms with Gasteiger partial charge in [0.25, 0.3) is 5.91 Å². The molecule has 2 aromatic rings. The molecule has 19 heavy (non-hydrogen) atoms. The van der Waals surface area contributed by atoms with Gasteiger partial charge in [0, 0.05) is 18.6 Å². The summed E-state index contributed by atoms with van der Waals surface area (Å²) < 4.78 is 0. The number of carbonyl (C=O) groups excluding carboxylic acids is 1. The average Bonchev–Trinajstić information content (AvgIpc) is 2.66. The van der Waals surface area contributed by atoms with Gasteiger partial charge < -0.3 is 5.32 Å². The van der Waals surface area contributed by atoms with Crippen LogP contribution in [-0.2, 0) is 4.79 Å². The van der Waals surface area contributed by atoms with Gasteiger partial charge in [0.1, 0.15) is 5.70 Å². The quantitative estimate of drug-likeness (QED) is 0.634. The largest absolute Gasteiger partial charge is 0.328 e. The van der Waals surface area contributed by atoms with Crippen molar-refractivity contribution in [2.75, 3.05) is 7.05 Å². The molecule has 0 spiro atoms. The van der Waals surface area contributed by atoms with Gasteiger partial charge in [-0.05, 0) is 36.0 Å². The number of hydrogen-bond donors (Lipinski definition) is 1. The molecular weight excluding hydrogens is 258 g/mol. The van der Waals surface area contributed by atoms with E-state index < -0.39 is 0 Å². The highest BCUT2D eigenvalue weighted by Gasteiger charge is 2.26. The molecule has 0 unspecified atom stereocenters. The van der Waals surface area contributed by atoms with Crippen molar-refractivity contribution in [2.24, 2.45) is 0 Å². The van der Waals surface area contributed by atoms with Gasteiger partial charge in [0.2, 0.25) is 0 Å². The first-order valence-corrected chi connectivity index (χ1v) is 6.21. The fraction of sp³-hybridized carbons (Fsp3) is 0.0714. The molecule has 1 aromatic carbocycles. The molecule has 1 saturated heterocycles. The zero-order chi connectivity index (χ0) is 13.4. The number of thiocarbonyl (C=S) groups is 1. The Kier molecular flexibility index (Phi) is 2.76. The Morgan fingerprint density at radius 1 is 1.37 bits per heavy atom. The van der Waals surface area contributed by atoms with E-state index in [-0.39, 0.29) is 5.91 Å². The van der Waals surface area contributed by atoms with Gasteiger partial charge in [0.15, 0.2) is 5.11 Å². The van der Waals surface area contributed by atoms with E-state index in [9.17, 15) is 4.79 Å². The van der Waals surface area contributed by atoms with Crippen molar-refractivity contribution in [1.29, 1.82) is 0 Å². The molecule has 0 radical (unpaired) electrons. The van der Waals surface area contributed by atoms with E-state index in [1.807, 2.05) is 30.3 Å². The van der Waals surface area contributed by atoms with Crippen LogP contribution in [0.5, 0.6) is 0 Å². The normalized spacial score (nSPS) is 17.3. The monoisotopic (exact) mass is 269 g/mol. The van der Waals surface area contributed by atoms with E-state index in [0.29, 0.717) is 10.8 Å². The maximum absolute atomic E-state index is 11.9. The van der Waals surface area contributed by atoms with E-state index >= 15 is 0 Å². The lowest BCUT2D eigenvalue weighted by Crippen LogP contribution is -2.25. The van der Waals surface area contributed by atoms with Crippen molar-refractivity contribution in [1.82, 2.24) is 15.2 Å². The molecular formula is C14H11N3OS. The summed E-state index contributed by atoms with van der Waals surface area (Å²) in [4.78, 5) is 17.6. The van der Waals surface area contributed by atoms with Crippen molar-refractivity contribution in [3.05, 3.63) is 47.8 Å². The van der Waals surface area contributed by atoms with Gasteiger partial charge in [-0.25, -0.2) is 0 Å². The lowest BCUT2D eigenvalue weighted by atomic mass is 10.1. The van der Waals surface area contributed by atoms with Crippen molar-refractivity contribution in [3.8, 4) is 0 Å². The Morgan fingerprint density at radius 3 is 2.89 bits per heavy atom. The van der Waals surface area contributed by atoms with Crippen LogP contribution in [0.4, 0.5) is 0 Å². The molecule has 0 saturated carbocycles. The molecule has 1 aliphatic rings. The minimum Gasteiger partial charge on any atom is -0.328 e. The molecule has 2 heterocycles. The molecule has 4 nitrogen and oxygen atoms in total. The Bertz CT molecular complexity index is 723. The van der Waals surface area contributed by atoms with Gasteiger partial charge >= 0.3 is 0 Å². The third-order valence-electron chi connectivity index (χ3n) is 3.00. The third-order valence-corrected chi connectivity index (χ3v) is 3.38. The summed E-state index contributed by atoms with van der Waals surface area (Å²) in [7, 11) is 1.65. The van der Waals surface area contributed by atoms with Crippen molar-refractivity contribution < 1.29 is 4.79 Å². The number of amides is 1. The van der Waals surface area contributed by atoms with E-state index in [1.54, 1.807) is 19.3 Å². The second-order valence-electron chi connectivity index (χ2n) is 4.31.